The Morgan fingerprint density at radius 2 is 1.50 bits per heavy atom. The quantitative estimate of drug-likeness (QED) is 0.760. The van der Waals surface area contributed by atoms with E-state index in [1.165, 1.54) is 0 Å². The summed E-state index contributed by atoms with van der Waals surface area (Å²) in [5.74, 6) is -2.40. The predicted octanol–water partition coefficient (Wildman–Crippen LogP) is 3.58. The van der Waals surface area contributed by atoms with Gasteiger partial charge in [0.2, 0.25) is 0 Å². The molecule has 0 bridgehead atoms. The van der Waals surface area contributed by atoms with Crippen LogP contribution >= 0.6 is 0 Å². The summed E-state index contributed by atoms with van der Waals surface area (Å²) in [5, 5.41) is 21.8. The van der Waals surface area contributed by atoms with Gasteiger partial charge in [0, 0.05) is 18.4 Å². The first-order valence-corrected chi connectivity index (χ1v) is 8.98. The molecule has 0 aliphatic heterocycles. The Balaban J connectivity index is 2.67. The molecule has 0 aliphatic carbocycles. The second-order valence-electron chi connectivity index (χ2n) is 7.37. The highest BCUT2D eigenvalue weighted by Crippen LogP contribution is 2.47. The maximum atomic E-state index is 12.0. The fourth-order valence-electron chi connectivity index (χ4n) is 3.89. The van der Waals surface area contributed by atoms with E-state index in [0.717, 1.165) is 11.1 Å². The van der Waals surface area contributed by atoms with Crippen molar-refractivity contribution in [3.8, 4) is 0 Å². The first kappa shape index (κ1) is 20.1. The summed E-state index contributed by atoms with van der Waals surface area (Å²) in [6.45, 7) is 4.30. The van der Waals surface area contributed by atoms with E-state index in [0.29, 0.717) is 6.54 Å². The molecule has 0 heterocycles. The van der Waals surface area contributed by atoms with E-state index in [2.05, 4.69) is 0 Å². The second-order valence-corrected chi connectivity index (χ2v) is 7.37. The van der Waals surface area contributed by atoms with E-state index in [1.807, 2.05) is 86.6 Å². The first-order chi connectivity index (χ1) is 12.3. The van der Waals surface area contributed by atoms with Crippen LogP contribution in [0.2, 0.25) is 0 Å². The van der Waals surface area contributed by atoms with Gasteiger partial charge in [-0.2, -0.15) is 0 Å². The van der Waals surface area contributed by atoms with Crippen molar-refractivity contribution in [3.63, 3.8) is 0 Å². The lowest BCUT2D eigenvalue weighted by Crippen LogP contribution is -2.47. The van der Waals surface area contributed by atoms with Crippen LogP contribution in [0, 0.1) is 11.8 Å². The molecule has 4 atom stereocenters. The molecular weight excluding hydrogens is 326 g/mol. The van der Waals surface area contributed by atoms with Crippen molar-refractivity contribution in [1.29, 1.82) is 0 Å². The molecule has 0 fully saturated rings. The van der Waals surface area contributed by atoms with Crippen LogP contribution in [-0.2, 0) is 10.4 Å². The molecule has 140 valence electrons. The maximum Gasteiger partial charge on any atom is 0.306 e. The Bertz CT molecular complexity index is 702. The lowest BCUT2D eigenvalue weighted by molar-refractivity contribution is -0.147. The van der Waals surface area contributed by atoms with E-state index in [1.54, 1.807) is 6.92 Å². The van der Waals surface area contributed by atoms with Crippen molar-refractivity contribution in [2.45, 2.75) is 25.4 Å². The Morgan fingerprint density at radius 3 is 1.96 bits per heavy atom. The minimum atomic E-state index is -1.31. The summed E-state index contributed by atoms with van der Waals surface area (Å²) in [7, 11) is 3.92. The topological polar surface area (TPSA) is 60.8 Å². The smallest absolute Gasteiger partial charge is 0.306 e. The number of benzene rings is 2. The zero-order valence-electron chi connectivity index (χ0n) is 16.0. The Kier molecular flexibility index (Phi) is 6.57. The fourth-order valence-corrected chi connectivity index (χ4v) is 3.89. The molecule has 26 heavy (non-hydrogen) atoms. The number of aliphatic carboxylic acids is 1. The highest BCUT2D eigenvalue weighted by Gasteiger charge is 2.48. The molecule has 2 aromatic rings. The van der Waals surface area contributed by atoms with Gasteiger partial charge in [-0.1, -0.05) is 74.5 Å². The summed E-state index contributed by atoms with van der Waals surface area (Å²) in [4.78, 5) is 13.9. The van der Waals surface area contributed by atoms with Crippen LogP contribution in [0.5, 0.6) is 0 Å². The molecule has 2 rings (SSSR count). The summed E-state index contributed by atoms with van der Waals surface area (Å²) in [6.07, 6.45) is 0. The zero-order chi connectivity index (χ0) is 19.3. The summed E-state index contributed by atoms with van der Waals surface area (Å²) in [6, 6.07) is 18.9. The minimum absolute atomic E-state index is 0.174. The molecule has 4 nitrogen and oxygen atoms in total. The van der Waals surface area contributed by atoms with Crippen LogP contribution in [-0.4, -0.2) is 41.7 Å². The highest BCUT2D eigenvalue weighted by atomic mass is 16.4. The third kappa shape index (κ3) is 4.14. The van der Waals surface area contributed by atoms with Crippen LogP contribution in [0.4, 0.5) is 0 Å². The molecule has 0 radical (unpaired) electrons. The SMILES string of the molecule is CC(C(=O)O)C(c1ccccc1)C(O)(c1ccccc1)C(C)CN(C)C. The fraction of sp³-hybridized carbons (Fsp3) is 0.409. The van der Waals surface area contributed by atoms with Crippen molar-refractivity contribution in [2.75, 3.05) is 20.6 Å². The van der Waals surface area contributed by atoms with Gasteiger partial charge in [-0.15, -0.1) is 0 Å². The van der Waals surface area contributed by atoms with Crippen molar-refractivity contribution in [1.82, 2.24) is 4.90 Å². The summed E-state index contributed by atoms with van der Waals surface area (Å²) < 4.78 is 0. The third-order valence-electron chi connectivity index (χ3n) is 5.15. The zero-order valence-corrected chi connectivity index (χ0v) is 16.0. The van der Waals surface area contributed by atoms with E-state index >= 15 is 0 Å². The molecule has 0 amide bonds. The van der Waals surface area contributed by atoms with Crippen molar-refractivity contribution in [2.24, 2.45) is 11.8 Å². The highest BCUT2D eigenvalue weighted by molar-refractivity contribution is 5.71. The van der Waals surface area contributed by atoms with Gasteiger partial charge >= 0.3 is 5.97 Å². The first-order valence-electron chi connectivity index (χ1n) is 8.98. The molecule has 0 saturated carbocycles. The molecule has 4 heteroatoms. The molecule has 2 aromatic carbocycles. The third-order valence-corrected chi connectivity index (χ3v) is 5.15. The summed E-state index contributed by atoms with van der Waals surface area (Å²) >= 11 is 0. The standard InChI is InChI=1S/C22H29NO3/c1-16(15-23(3)4)22(26,19-13-9-6-10-14-19)20(17(2)21(24)25)18-11-7-5-8-12-18/h5-14,16-17,20,26H,15H2,1-4H3,(H,24,25). The molecular formula is C22H29NO3. The number of carboxylic acids is 1. The average Bonchev–Trinajstić information content (AvgIpc) is 2.62. The van der Waals surface area contributed by atoms with Crippen molar-refractivity contribution < 1.29 is 15.0 Å². The molecule has 0 spiro atoms. The molecule has 2 N–H and O–H groups in total. The number of rotatable bonds is 8. The Hall–Kier alpha value is -2.17. The number of hydrogen-bond acceptors (Lipinski definition) is 3. The number of hydrogen-bond donors (Lipinski definition) is 2. The van der Waals surface area contributed by atoms with Gasteiger partial charge in [0.15, 0.2) is 0 Å². The number of carbonyl (C=O) groups is 1. The Morgan fingerprint density at radius 1 is 1.00 bits per heavy atom. The molecule has 4 unspecified atom stereocenters. The monoisotopic (exact) mass is 355 g/mol. The van der Waals surface area contributed by atoms with Crippen molar-refractivity contribution >= 4 is 5.97 Å². The Labute approximate surface area is 156 Å². The van der Waals surface area contributed by atoms with E-state index in [-0.39, 0.29) is 5.92 Å². The average molecular weight is 355 g/mol. The van der Waals surface area contributed by atoms with Gasteiger partial charge < -0.3 is 15.1 Å². The molecule has 0 saturated heterocycles. The normalized spacial score (nSPS) is 17.3. The number of carboxylic acid groups (broad SMARTS) is 1. The minimum Gasteiger partial charge on any atom is -0.481 e. The van der Waals surface area contributed by atoms with Crippen LogP contribution in [0.3, 0.4) is 0 Å². The van der Waals surface area contributed by atoms with Crippen LogP contribution < -0.4 is 0 Å². The van der Waals surface area contributed by atoms with Gasteiger partial charge in [0.1, 0.15) is 5.60 Å². The number of nitrogens with zero attached hydrogens (tertiary/aromatic N) is 1. The number of aliphatic hydroxyl groups is 1. The molecule has 0 aromatic heterocycles. The van der Waals surface area contributed by atoms with Crippen molar-refractivity contribution in [3.05, 3.63) is 71.8 Å². The van der Waals surface area contributed by atoms with Gasteiger partial charge in [0.25, 0.3) is 0 Å². The van der Waals surface area contributed by atoms with E-state index in [4.69, 9.17) is 0 Å². The second kappa shape index (κ2) is 8.47. The largest absolute Gasteiger partial charge is 0.481 e. The van der Waals surface area contributed by atoms with Gasteiger partial charge in [-0.05, 0) is 25.2 Å². The van der Waals surface area contributed by atoms with Crippen LogP contribution in [0.1, 0.15) is 30.9 Å². The predicted molar refractivity (Wildman–Crippen MR) is 104 cm³/mol. The van der Waals surface area contributed by atoms with Gasteiger partial charge in [-0.25, -0.2) is 0 Å². The van der Waals surface area contributed by atoms with E-state index in [9.17, 15) is 15.0 Å². The van der Waals surface area contributed by atoms with E-state index < -0.39 is 23.4 Å². The summed E-state index contributed by atoms with van der Waals surface area (Å²) in [5.41, 5.74) is 0.265. The van der Waals surface area contributed by atoms with Crippen LogP contribution in [0.15, 0.2) is 60.7 Å². The molecule has 0 aliphatic rings. The van der Waals surface area contributed by atoms with Gasteiger partial charge in [-0.3, -0.25) is 4.79 Å². The maximum absolute atomic E-state index is 12.0. The van der Waals surface area contributed by atoms with Gasteiger partial charge in [0.05, 0.1) is 5.92 Å². The lowest BCUT2D eigenvalue weighted by Gasteiger charge is -2.44. The lowest BCUT2D eigenvalue weighted by atomic mass is 9.65. The van der Waals surface area contributed by atoms with Crippen LogP contribution in [0.25, 0.3) is 0 Å².